The fourth-order valence-corrected chi connectivity index (χ4v) is 1.45. The summed E-state index contributed by atoms with van der Waals surface area (Å²) >= 11 is 0. The Labute approximate surface area is 107 Å². The molecule has 3 atom stereocenters. The molecule has 0 aliphatic rings. The van der Waals surface area contributed by atoms with Crippen LogP contribution in [0.4, 0.5) is 0 Å². The van der Waals surface area contributed by atoms with Crippen LogP contribution in [0, 0.1) is 0 Å². The maximum Gasteiger partial charge on any atom is 0.159 e. The Balaban J connectivity index is 0.00000180. The average molecular weight is 273 g/mol. The van der Waals surface area contributed by atoms with Crippen LogP contribution in [0.5, 0.6) is 0 Å². The molecular weight excluding hydrogens is 258 g/mol. The van der Waals surface area contributed by atoms with Crippen molar-refractivity contribution in [2.75, 3.05) is 6.61 Å². The van der Waals surface area contributed by atoms with E-state index < -0.39 is 24.9 Å². The first kappa shape index (κ1) is 15.3. The van der Waals surface area contributed by atoms with Crippen LogP contribution in [-0.4, -0.2) is 59.8 Å². The Hall–Kier alpha value is -1.78. The summed E-state index contributed by atoms with van der Waals surface area (Å²) in [5, 5.41) is 40.9. The molecule has 0 spiro atoms. The van der Waals surface area contributed by atoms with Crippen molar-refractivity contribution >= 4 is 0 Å². The van der Waals surface area contributed by atoms with Crippen LogP contribution in [0.2, 0.25) is 0 Å². The summed E-state index contributed by atoms with van der Waals surface area (Å²) < 4.78 is 4.65. The van der Waals surface area contributed by atoms with Gasteiger partial charge in [0.15, 0.2) is 5.82 Å². The minimum Gasteiger partial charge on any atom is -0.412 e. The van der Waals surface area contributed by atoms with Crippen LogP contribution < -0.4 is 0 Å². The molecule has 0 aliphatic carbocycles. The van der Waals surface area contributed by atoms with Gasteiger partial charge in [0.2, 0.25) is 0 Å². The van der Waals surface area contributed by atoms with E-state index in [1.54, 1.807) is 6.07 Å². The predicted octanol–water partition coefficient (Wildman–Crippen LogP) is -2.01. The molecule has 19 heavy (non-hydrogen) atoms. The molecule has 0 saturated carbocycles. The molecule has 2 rings (SSSR count). The zero-order valence-corrected chi connectivity index (χ0v) is 9.76. The van der Waals surface area contributed by atoms with Crippen molar-refractivity contribution in [3.63, 3.8) is 0 Å². The zero-order chi connectivity index (χ0) is 13.1. The highest BCUT2D eigenvalue weighted by molar-refractivity contribution is 5.47. The third-order valence-corrected chi connectivity index (χ3v) is 2.50. The van der Waals surface area contributed by atoms with Crippen LogP contribution in [-0.2, 0) is 0 Å². The molecule has 0 bridgehead atoms. The molecule has 0 aliphatic heterocycles. The zero-order valence-electron chi connectivity index (χ0n) is 9.76. The largest absolute Gasteiger partial charge is 0.412 e. The number of hydrogen-bond donors (Lipinski definition) is 5. The van der Waals surface area contributed by atoms with Crippen LogP contribution in [0.25, 0.3) is 11.5 Å². The topological polar surface area (TPSA) is 167 Å². The number of rotatable bonds is 5. The summed E-state index contributed by atoms with van der Waals surface area (Å²) in [6.45, 7) is -0.650. The van der Waals surface area contributed by atoms with Crippen LogP contribution in [0.3, 0.4) is 0 Å². The van der Waals surface area contributed by atoms with Crippen molar-refractivity contribution in [1.82, 2.24) is 15.1 Å². The molecule has 9 nitrogen and oxygen atoms in total. The van der Waals surface area contributed by atoms with Gasteiger partial charge in [0, 0.05) is 6.07 Å². The number of nitrogens with zero attached hydrogens (tertiary/aromatic N) is 2. The fraction of sp³-hybridized carbons (Fsp3) is 0.400. The van der Waals surface area contributed by atoms with Crippen molar-refractivity contribution in [2.45, 2.75) is 18.3 Å². The van der Waals surface area contributed by atoms with Crippen LogP contribution >= 0.6 is 0 Å². The Bertz CT molecular complexity index is 485. The monoisotopic (exact) mass is 273 g/mol. The molecule has 106 valence electrons. The molecule has 2 aromatic heterocycles. The second-order valence-corrected chi connectivity index (χ2v) is 3.76. The van der Waals surface area contributed by atoms with E-state index in [0.29, 0.717) is 11.5 Å². The number of aromatic amines is 1. The van der Waals surface area contributed by atoms with E-state index in [4.69, 9.17) is 5.11 Å². The first-order chi connectivity index (χ1) is 8.63. The van der Waals surface area contributed by atoms with E-state index in [0.717, 1.165) is 0 Å². The van der Waals surface area contributed by atoms with Gasteiger partial charge in [0.1, 0.15) is 30.3 Å². The first-order valence-corrected chi connectivity index (χ1v) is 5.24. The second kappa shape index (κ2) is 6.41. The molecule has 7 N–H and O–H groups in total. The number of aromatic nitrogens is 3. The van der Waals surface area contributed by atoms with Gasteiger partial charge >= 0.3 is 0 Å². The molecule has 9 heteroatoms. The fourth-order valence-electron chi connectivity index (χ4n) is 1.45. The van der Waals surface area contributed by atoms with Crippen molar-refractivity contribution in [1.29, 1.82) is 0 Å². The van der Waals surface area contributed by atoms with Gasteiger partial charge in [-0.1, -0.05) is 5.16 Å². The highest BCUT2D eigenvalue weighted by Gasteiger charge is 2.27. The van der Waals surface area contributed by atoms with E-state index >= 15 is 0 Å². The molecular formula is C10H15N3O6. The highest BCUT2D eigenvalue weighted by atomic mass is 16.5. The minimum atomic E-state index is -1.51. The predicted molar refractivity (Wildman–Crippen MR) is 61.8 cm³/mol. The van der Waals surface area contributed by atoms with Crippen LogP contribution in [0.15, 0.2) is 23.0 Å². The van der Waals surface area contributed by atoms with E-state index in [1.807, 2.05) is 0 Å². The Morgan fingerprint density at radius 2 is 2.05 bits per heavy atom. The number of aliphatic hydroxyl groups is 4. The lowest BCUT2D eigenvalue weighted by molar-refractivity contribution is -0.0788. The SMILES string of the molecule is O.OC[C@@H](O)[C@@H](O)[C@H](O)c1cnc(-c2ccon2)[nH]1. The normalized spacial score (nSPS) is 15.6. The van der Waals surface area contributed by atoms with E-state index in [1.165, 1.54) is 12.5 Å². The molecule has 0 amide bonds. The molecule has 0 saturated heterocycles. The van der Waals surface area contributed by atoms with Gasteiger partial charge in [0.05, 0.1) is 18.5 Å². The lowest BCUT2D eigenvalue weighted by atomic mass is 10.1. The molecule has 2 aromatic rings. The number of hydrogen-bond acceptors (Lipinski definition) is 7. The van der Waals surface area contributed by atoms with Crippen LogP contribution in [0.1, 0.15) is 11.8 Å². The van der Waals surface area contributed by atoms with Crippen molar-refractivity contribution in [3.8, 4) is 11.5 Å². The van der Waals surface area contributed by atoms with Gasteiger partial charge in [-0.25, -0.2) is 4.98 Å². The van der Waals surface area contributed by atoms with Gasteiger partial charge in [0.25, 0.3) is 0 Å². The second-order valence-electron chi connectivity index (χ2n) is 3.76. The Kier molecular flexibility index (Phi) is 5.15. The molecule has 0 aromatic carbocycles. The third kappa shape index (κ3) is 3.16. The summed E-state index contributed by atoms with van der Waals surface area (Å²) in [7, 11) is 0. The van der Waals surface area contributed by atoms with Gasteiger partial charge in [-0.3, -0.25) is 0 Å². The number of aliphatic hydroxyl groups excluding tert-OH is 4. The summed E-state index contributed by atoms with van der Waals surface area (Å²) in [6, 6.07) is 1.58. The molecule has 0 unspecified atom stereocenters. The maximum atomic E-state index is 9.77. The van der Waals surface area contributed by atoms with E-state index in [2.05, 4.69) is 19.6 Å². The summed E-state index contributed by atoms with van der Waals surface area (Å²) in [6.07, 6.45) is -1.65. The Morgan fingerprint density at radius 3 is 2.63 bits per heavy atom. The standard InChI is InChI=1S/C10H13N3O5.H2O/c14-4-7(15)9(17)8(16)6-3-11-10(12-6)5-1-2-18-13-5;/h1-3,7-9,14-17H,4H2,(H,11,12);1H2/t7-,8-,9-;/m1./s1. The molecule has 0 radical (unpaired) electrons. The summed E-state index contributed by atoms with van der Waals surface area (Å²) in [5.74, 6) is 0.364. The first-order valence-electron chi connectivity index (χ1n) is 5.24. The van der Waals surface area contributed by atoms with E-state index in [-0.39, 0.29) is 11.2 Å². The smallest absolute Gasteiger partial charge is 0.159 e. The number of imidazole rings is 1. The number of H-pyrrole nitrogens is 1. The molecule has 0 fully saturated rings. The van der Waals surface area contributed by atoms with Gasteiger partial charge in [-0.2, -0.15) is 0 Å². The van der Waals surface area contributed by atoms with Gasteiger partial charge in [-0.05, 0) is 0 Å². The van der Waals surface area contributed by atoms with E-state index in [9.17, 15) is 15.3 Å². The quantitative estimate of drug-likeness (QED) is 0.419. The third-order valence-electron chi connectivity index (χ3n) is 2.50. The van der Waals surface area contributed by atoms with Crippen molar-refractivity contribution < 1.29 is 30.4 Å². The average Bonchev–Trinajstić information content (AvgIpc) is 3.05. The minimum absolute atomic E-state index is 0. The summed E-state index contributed by atoms with van der Waals surface area (Å²) in [5.41, 5.74) is 0.652. The Morgan fingerprint density at radius 1 is 1.32 bits per heavy atom. The van der Waals surface area contributed by atoms with Gasteiger partial charge < -0.3 is 35.4 Å². The highest BCUT2D eigenvalue weighted by Crippen LogP contribution is 2.20. The van der Waals surface area contributed by atoms with Gasteiger partial charge in [-0.15, -0.1) is 0 Å². The summed E-state index contributed by atoms with van der Waals surface area (Å²) in [4.78, 5) is 6.69. The van der Waals surface area contributed by atoms with Crippen molar-refractivity contribution in [2.24, 2.45) is 0 Å². The lowest BCUT2D eigenvalue weighted by Crippen LogP contribution is -2.34. The maximum absolute atomic E-state index is 9.77. The molecule has 2 heterocycles. The number of nitrogens with one attached hydrogen (secondary N) is 1. The van der Waals surface area contributed by atoms with Crippen molar-refractivity contribution in [3.05, 3.63) is 24.2 Å². The lowest BCUT2D eigenvalue weighted by Gasteiger charge is -2.20.